The maximum Gasteiger partial charge on any atom is 0.262 e. The topological polar surface area (TPSA) is 68.3 Å². The first-order valence-electron chi connectivity index (χ1n) is 5.95. The molecule has 0 fully saturated rings. The maximum atomic E-state index is 12.3. The second kappa shape index (κ2) is 4.96. The predicted octanol–water partition coefficient (Wildman–Crippen LogP) is 2.47. The zero-order chi connectivity index (χ0) is 14.2. The van der Waals surface area contributed by atoms with Gasteiger partial charge in [0, 0.05) is 12.6 Å². The summed E-state index contributed by atoms with van der Waals surface area (Å²) in [4.78, 5) is 4.02. The Kier molecular flexibility index (Phi) is 3.27. The molecule has 1 aliphatic heterocycles. The van der Waals surface area contributed by atoms with Crippen molar-refractivity contribution in [2.24, 2.45) is 0 Å². The van der Waals surface area contributed by atoms with Crippen LogP contribution in [-0.4, -0.2) is 20.0 Å². The molecule has 20 heavy (non-hydrogen) atoms. The molecule has 104 valence electrons. The molecule has 0 saturated heterocycles. The molecule has 1 aromatic heterocycles. The summed E-state index contributed by atoms with van der Waals surface area (Å²) >= 11 is 5.85. The minimum atomic E-state index is -3.69. The van der Waals surface area contributed by atoms with Crippen LogP contribution in [0.4, 0.5) is 5.69 Å². The van der Waals surface area contributed by atoms with Crippen molar-refractivity contribution in [3.8, 4) is 5.75 Å². The van der Waals surface area contributed by atoms with E-state index in [-0.39, 0.29) is 15.7 Å². The van der Waals surface area contributed by atoms with Gasteiger partial charge in [0.05, 0.1) is 17.2 Å². The zero-order valence-electron chi connectivity index (χ0n) is 10.3. The summed E-state index contributed by atoms with van der Waals surface area (Å²) in [6.07, 6.45) is 2.21. The first-order valence-corrected chi connectivity index (χ1v) is 7.81. The Morgan fingerprint density at radius 2 is 2.15 bits per heavy atom. The fourth-order valence-electron chi connectivity index (χ4n) is 2.00. The van der Waals surface area contributed by atoms with Gasteiger partial charge in [0.15, 0.2) is 5.15 Å². The summed E-state index contributed by atoms with van der Waals surface area (Å²) in [5, 5.41) is 0.112. The first-order chi connectivity index (χ1) is 9.56. The Morgan fingerprint density at radius 1 is 1.30 bits per heavy atom. The minimum absolute atomic E-state index is 0.112. The van der Waals surface area contributed by atoms with Gasteiger partial charge in [0.1, 0.15) is 5.75 Å². The van der Waals surface area contributed by atoms with Gasteiger partial charge < -0.3 is 4.74 Å². The number of rotatable bonds is 3. The highest BCUT2D eigenvalue weighted by atomic mass is 35.5. The number of pyridine rings is 1. The monoisotopic (exact) mass is 310 g/mol. The molecule has 2 aromatic rings. The quantitative estimate of drug-likeness (QED) is 0.884. The number of hydrogen-bond acceptors (Lipinski definition) is 4. The van der Waals surface area contributed by atoms with E-state index in [1.165, 1.54) is 12.3 Å². The third-order valence-corrected chi connectivity index (χ3v) is 4.64. The van der Waals surface area contributed by atoms with Crippen molar-refractivity contribution < 1.29 is 13.2 Å². The van der Waals surface area contributed by atoms with E-state index in [9.17, 15) is 8.42 Å². The number of ether oxygens (including phenoxy) is 1. The van der Waals surface area contributed by atoms with E-state index in [4.69, 9.17) is 16.3 Å². The highest BCUT2D eigenvalue weighted by Crippen LogP contribution is 2.29. The lowest BCUT2D eigenvalue weighted by Gasteiger charge is -2.09. The zero-order valence-corrected chi connectivity index (χ0v) is 11.9. The SMILES string of the molecule is O=S(=O)(Nc1cccnc1Cl)c1ccc2c(c1)CCO2. The van der Waals surface area contributed by atoms with Gasteiger partial charge in [-0.05, 0) is 35.9 Å². The van der Waals surface area contributed by atoms with Crippen molar-refractivity contribution in [1.82, 2.24) is 4.98 Å². The third kappa shape index (κ3) is 2.44. The largest absolute Gasteiger partial charge is 0.493 e. The number of sulfonamides is 1. The molecule has 3 rings (SSSR count). The van der Waals surface area contributed by atoms with Crippen LogP contribution in [-0.2, 0) is 16.4 Å². The van der Waals surface area contributed by atoms with Crippen LogP contribution >= 0.6 is 11.6 Å². The molecule has 0 spiro atoms. The van der Waals surface area contributed by atoms with E-state index in [0.29, 0.717) is 13.0 Å². The van der Waals surface area contributed by atoms with Crippen molar-refractivity contribution in [3.63, 3.8) is 0 Å². The third-order valence-electron chi connectivity index (χ3n) is 2.97. The van der Waals surface area contributed by atoms with Crippen molar-refractivity contribution in [3.05, 3.63) is 47.2 Å². The van der Waals surface area contributed by atoms with Gasteiger partial charge >= 0.3 is 0 Å². The van der Waals surface area contributed by atoms with Crippen LogP contribution in [0.5, 0.6) is 5.75 Å². The molecule has 1 aliphatic rings. The molecule has 0 saturated carbocycles. The molecule has 1 N–H and O–H groups in total. The summed E-state index contributed by atoms with van der Waals surface area (Å²) in [5.41, 5.74) is 1.15. The molecule has 0 aliphatic carbocycles. The Hall–Kier alpha value is -1.79. The van der Waals surface area contributed by atoms with Crippen molar-refractivity contribution in [2.45, 2.75) is 11.3 Å². The average molecular weight is 311 g/mol. The molecule has 5 nitrogen and oxygen atoms in total. The van der Waals surface area contributed by atoms with Gasteiger partial charge in [-0.2, -0.15) is 0 Å². The number of benzene rings is 1. The van der Waals surface area contributed by atoms with Gasteiger partial charge in [-0.1, -0.05) is 11.6 Å². The maximum absolute atomic E-state index is 12.3. The van der Waals surface area contributed by atoms with Crippen molar-refractivity contribution in [2.75, 3.05) is 11.3 Å². The number of anilines is 1. The summed E-state index contributed by atoms with van der Waals surface area (Å²) in [6, 6.07) is 7.97. The molecule has 0 unspecified atom stereocenters. The van der Waals surface area contributed by atoms with Crippen LogP contribution in [0.3, 0.4) is 0 Å². The van der Waals surface area contributed by atoms with Gasteiger partial charge in [0.25, 0.3) is 10.0 Å². The summed E-state index contributed by atoms with van der Waals surface area (Å²) in [7, 11) is -3.69. The molecule has 7 heteroatoms. The number of halogens is 1. The van der Waals surface area contributed by atoms with Crippen molar-refractivity contribution >= 4 is 27.3 Å². The number of nitrogens with one attached hydrogen (secondary N) is 1. The predicted molar refractivity (Wildman–Crippen MR) is 75.7 cm³/mol. The van der Waals surface area contributed by atoms with Crippen LogP contribution in [0.25, 0.3) is 0 Å². The Bertz CT molecular complexity index is 762. The van der Waals surface area contributed by atoms with Gasteiger partial charge in [-0.15, -0.1) is 0 Å². The van der Waals surface area contributed by atoms with Gasteiger partial charge in [0.2, 0.25) is 0 Å². The smallest absolute Gasteiger partial charge is 0.262 e. The molecule has 0 amide bonds. The van der Waals surface area contributed by atoms with Crippen LogP contribution < -0.4 is 9.46 Å². The van der Waals surface area contributed by atoms with E-state index < -0.39 is 10.0 Å². The highest BCUT2D eigenvalue weighted by Gasteiger charge is 2.20. The molecule has 0 radical (unpaired) electrons. The second-order valence-electron chi connectivity index (χ2n) is 4.32. The molecule has 2 heterocycles. The van der Waals surface area contributed by atoms with E-state index in [1.54, 1.807) is 24.3 Å². The molecular formula is C13H11ClN2O3S. The van der Waals surface area contributed by atoms with E-state index in [2.05, 4.69) is 9.71 Å². The first kappa shape index (κ1) is 13.2. The number of hydrogen-bond donors (Lipinski definition) is 1. The lowest BCUT2D eigenvalue weighted by molar-refractivity contribution is 0.356. The molecule has 0 atom stereocenters. The van der Waals surface area contributed by atoms with Gasteiger partial charge in [-0.3, -0.25) is 4.72 Å². The lowest BCUT2D eigenvalue weighted by atomic mass is 10.2. The summed E-state index contributed by atoms with van der Waals surface area (Å²) in [5.74, 6) is 0.739. The second-order valence-corrected chi connectivity index (χ2v) is 6.36. The lowest BCUT2D eigenvalue weighted by Crippen LogP contribution is -2.13. The van der Waals surface area contributed by atoms with E-state index in [0.717, 1.165) is 11.3 Å². The molecule has 0 bridgehead atoms. The number of nitrogens with zero attached hydrogens (tertiary/aromatic N) is 1. The average Bonchev–Trinajstić information content (AvgIpc) is 2.88. The fourth-order valence-corrected chi connectivity index (χ4v) is 3.34. The van der Waals surface area contributed by atoms with E-state index >= 15 is 0 Å². The van der Waals surface area contributed by atoms with Crippen molar-refractivity contribution in [1.29, 1.82) is 0 Å². The summed E-state index contributed by atoms with van der Waals surface area (Å²) in [6.45, 7) is 0.584. The normalized spacial score (nSPS) is 13.7. The standard InChI is InChI=1S/C13H11ClN2O3S/c14-13-11(2-1-6-15-13)16-20(17,18)10-3-4-12-9(8-10)5-7-19-12/h1-4,6,8,16H,5,7H2. The van der Waals surface area contributed by atoms with Crippen LogP contribution in [0.15, 0.2) is 41.4 Å². The van der Waals surface area contributed by atoms with Crippen LogP contribution in [0.2, 0.25) is 5.15 Å². The Labute approximate surface area is 121 Å². The van der Waals surface area contributed by atoms with Gasteiger partial charge in [-0.25, -0.2) is 13.4 Å². The number of fused-ring (bicyclic) bond motifs is 1. The Balaban J connectivity index is 1.94. The van der Waals surface area contributed by atoms with Crippen LogP contribution in [0, 0.1) is 0 Å². The van der Waals surface area contributed by atoms with Crippen LogP contribution in [0.1, 0.15) is 5.56 Å². The molecule has 1 aromatic carbocycles. The Morgan fingerprint density at radius 3 is 2.95 bits per heavy atom. The summed E-state index contributed by atoms with van der Waals surface area (Å²) < 4.78 is 32.4. The van der Waals surface area contributed by atoms with E-state index in [1.807, 2.05) is 0 Å². The highest BCUT2D eigenvalue weighted by molar-refractivity contribution is 7.92. The minimum Gasteiger partial charge on any atom is -0.493 e. The number of aromatic nitrogens is 1. The molecular weight excluding hydrogens is 300 g/mol. The fraction of sp³-hybridized carbons (Fsp3) is 0.154.